The van der Waals surface area contributed by atoms with Crippen molar-refractivity contribution in [3.05, 3.63) is 23.8 Å². The third kappa shape index (κ3) is 4.54. The van der Waals surface area contributed by atoms with E-state index in [4.69, 9.17) is 18.0 Å². The summed E-state index contributed by atoms with van der Waals surface area (Å²) in [7, 11) is 0. The van der Waals surface area contributed by atoms with Crippen molar-refractivity contribution >= 4 is 46.4 Å². The van der Waals surface area contributed by atoms with Crippen LogP contribution >= 0.6 is 35.7 Å². The highest BCUT2D eigenvalue weighted by molar-refractivity contribution is 8.00. The molecular formula is C16H24N2S3. The Morgan fingerprint density at radius 1 is 1.33 bits per heavy atom. The van der Waals surface area contributed by atoms with E-state index in [1.165, 1.54) is 29.9 Å². The molecule has 1 fully saturated rings. The Bertz CT molecular complexity index is 490. The normalized spacial score (nSPS) is 21.4. The Kier molecular flexibility index (Phi) is 6.71. The molecule has 2 atom stereocenters. The van der Waals surface area contributed by atoms with E-state index in [0.29, 0.717) is 11.0 Å². The molecule has 0 amide bonds. The van der Waals surface area contributed by atoms with Crippen LogP contribution in [0.5, 0.6) is 0 Å². The molecule has 0 spiro atoms. The van der Waals surface area contributed by atoms with E-state index in [-0.39, 0.29) is 0 Å². The van der Waals surface area contributed by atoms with Crippen molar-refractivity contribution in [2.75, 3.05) is 16.8 Å². The van der Waals surface area contributed by atoms with E-state index in [9.17, 15) is 0 Å². The van der Waals surface area contributed by atoms with E-state index < -0.39 is 0 Å². The minimum Gasteiger partial charge on any atom is -0.389 e. The van der Waals surface area contributed by atoms with Crippen LogP contribution in [0.4, 0.5) is 5.69 Å². The molecule has 116 valence electrons. The largest absolute Gasteiger partial charge is 0.389 e. The summed E-state index contributed by atoms with van der Waals surface area (Å²) in [4.78, 5) is 1.68. The van der Waals surface area contributed by atoms with Gasteiger partial charge in [0.2, 0.25) is 0 Å². The molecular weight excluding hydrogens is 316 g/mol. The van der Waals surface area contributed by atoms with Crippen LogP contribution in [0, 0.1) is 0 Å². The first-order chi connectivity index (χ1) is 10.2. The van der Waals surface area contributed by atoms with Gasteiger partial charge in [-0.05, 0) is 42.9 Å². The number of thiocarbonyl (C=S) groups is 1. The van der Waals surface area contributed by atoms with Crippen molar-refractivity contribution in [1.82, 2.24) is 0 Å². The minimum atomic E-state index is 0.492. The Morgan fingerprint density at radius 2 is 2.14 bits per heavy atom. The molecule has 1 aliphatic rings. The van der Waals surface area contributed by atoms with Gasteiger partial charge in [-0.1, -0.05) is 32.1 Å². The molecule has 0 heterocycles. The first-order valence-corrected chi connectivity index (χ1v) is 10.0. The van der Waals surface area contributed by atoms with Crippen LogP contribution in [0.2, 0.25) is 0 Å². The number of anilines is 1. The lowest BCUT2D eigenvalue weighted by Gasteiger charge is -2.19. The summed E-state index contributed by atoms with van der Waals surface area (Å²) in [5, 5.41) is 4.48. The predicted molar refractivity (Wildman–Crippen MR) is 102 cm³/mol. The molecule has 1 aromatic carbocycles. The molecule has 2 nitrogen and oxygen atoms in total. The van der Waals surface area contributed by atoms with Gasteiger partial charge < -0.3 is 11.1 Å². The highest BCUT2D eigenvalue weighted by Crippen LogP contribution is 2.34. The topological polar surface area (TPSA) is 38.0 Å². The quantitative estimate of drug-likeness (QED) is 0.564. The minimum absolute atomic E-state index is 0.492. The molecule has 2 unspecified atom stereocenters. The summed E-state index contributed by atoms with van der Waals surface area (Å²) in [6.07, 6.45) is 3.78. The molecule has 5 heteroatoms. The fraction of sp³-hybridized carbons (Fsp3) is 0.562. The summed E-state index contributed by atoms with van der Waals surface area (Å²) in [5.74, 6) is 2.23. The van der Waals surface area contributed by atoms with Crippen molar-refractivity contribution in [2.45, 2.75) is 49.3 Å². The maximum atomic E-state index is 5.97. The zero-order valence-electron chi connectivity index (χ0n) is 12.7. The second-order valence-corrected chi connectivity index (χ2v) is 8.53. The van der Waals surface area contributed by atoms with Crippen molar-refractivity contribution < 1.29 is 0 Å². The lowest BCUT2D eigenvalue weighted by atomic mass is 10.1. The van der Waals surface area contributed by atoms with E-state index in [1.807, 2.05) is 0 Å². The van der Waals surface area contributed by atoms with Gasteiger partial charge in [0.1, 0.15) is 4.99 Å². The van der Waals surface area contributed by atoms with Crippen LogP contribution in [0.15, 0.2) is 23.1 Å². The zero-order valence-corrected chi connectivity index (χ0v) is 15.2. The Hall–Kier alpha value is -0.390. The summed E-state index contributed by atoms with van der Waals surface area (Å²) < 4.78 is 0. The maximum absolute atomic E-state index is 5.97. The molecule has 21 heavy (non-hydrogen) atoms. The number of hydrogen-bond acceptors (Lipinski definition) is 4. The van der Waals surface area contributed by atoms with E-state index in [0.717, 1.165) is 22.3 Å². The molecule has 1 saturated carbocycles. The molecule has 1 aliphatic carbocycles. The second-order valence-electron chi connectivity index (χ2n) is 5.21. The fourth-order valence-electron chi connectivity index (χ4n) is 2.86. The maximum Gasteiger partial charge on any atom is 0.107 e. The molecule has 0 saturated heterocycles. The molecule has 0 aromatic heterocycles. The van der Waals surface area contributed by atoms with Crippen molar-refractivity contribution in [3.8, 4) is 0 Å². The Morgan fingerprint density at radius 3 is 2.81 bits per heavy atom. The Balaban J connectivity index is 2.13. The standard InChI is InChI=1S/C16H24N2S3/c1-3-20-12-9-8-11(10-12)18-13-6-5-7-14(21-4-2)15(13)16(17)19/h5-7,11-12,18H,3-4,8-10H2,1-2H3,(H2,17,19). The summed E-state index contributed by atoms with van der Waals surface area (Å²) in [6.45, 7) is 4.39. The van der Waals surface area contributed by atoms with Gasteiger partial charge >= 0.3 is 0 Å². The molecule has 1 aromatic rings. The molecule has 0 aliphatic heterocycles. The third-order valence-corrected chi connectivity index (χ3v) is 6.10. The van der Waals surface area contributed by atoms with Crippen molar-refractivity contribution in [2.24, 2.45) is 5.73 Å². The molecule has 0 bridgehead atoms. The van der Waals surface area contributed by atoms with E-state index >= 15 is 0 Å². The molecule has 0 radical (unpaired) electrons. The average Bonchev–Trinajstić information content (AvgIpc) is 2.87. The first kappa shape index (κ1) is 17.0. The van der Waals surface area contributed by atoms with Gasteiger partial charge in [0.25, 0.3) is 0 Å². The number of hydrogen-bond donors (Lipinski definition) is 2. The number of thioether (sulfide) groups is 2. The lowest BCUT2D eigenvalue weighted by Crippen LogP contribution is -2.20. The summed E-state index contributed by atoms with van der Waals surface area (Å²) in [5.41, 5.74) is 8.09. The number of nitrogens with two attached hydrogens (primary N) is 1. The molecule has 2 rings (SSSR count). The fourth-order valence-corrected chi connectivity index (χ4v) is 5.14. The lowest BCUT2D eigenvalue weighted by molar-refractivity contribution is 0.756. The first-order valence-electron chi connectivity index (χ1n) is 7.59. The van der Waals surface area contributed by atoms with Crippen LogP contribution in [-0.4, -0.2) is 27.8 Å². The van der Waals surface area contributed by atoms with Gasteiger partial charge in [-0.25, -0.2) is 0 Å². The van der Waals surface area contributed by atoms with Crippen LogP contribution in [-0.2, 0) is 0 Å². The van der Waals surface area contributed by atoms with Crippen LogP contribution in [0.25, 0.3) is 0 Å². The summed E-state index contributed by atoms with van der Waals surface area (Å²) in [6, 6.07) is 6.85. The van der Waals surface area contributed by atoms with E-state index in [2.05, 4.69) is 49.1 Å². The monoisotopic (exact) mass is 340 g/mol. The van der Waals surface area contributed by atoms with Gasteiger partial charge in [0.15, 0.2) is 0 Å². The Labute approximate surface area is 142 Å². The van der Waals surface area contributed by atoms with E-state index in [1.54, 1.807) is 11.8 Å². The van der Waals surface area contributed by atoms with Gasteiger partial charge in [-0.3, -0.25) is 0 Å². The van der Waals surface area contributed by atoms with Crippen LogP contribution in [0.1, 0.15) is 38.7 Å². The van der Waals surface area contributed by atoms with Crippen molar-refractivity contribution in [3.63, 3.8) is 0 Å². The third-order valence-electron chi connectivity index (χ3n) is 3.72. The van der Waals surface area contributed by atoms with Crippen molar-refractivity contribution in [1.29, 1.82) is 0 Å². The SMILES string of the molecule is CCSc1cccc(NC2CCC(SCC)C2)c1C(N)=S. The highest BCUT2D eigenvalue weighted by atomic mass is 32.2. The van der Waals surface area contributed by atoms with Crippen LogP contribution < -0.4 is 11.1 Å². The molecule has 3 N–H and O–H groups in total. The second kappa shape index (κ2) is 8.30. The predicted octanol–water partition coefficient (Wildman–Crippen LogP) is 4.52. The van der Waals surface area contributed by atoms with Gasteiger partial charge in [0, 0.05) is 27.4 Å². The van der Waals surface area contributed by atoms with Gasteiger partial charge in [-0.2, -0.15) is 11.8 Å². The van der Waals surface area contributed by atoms with Crippen LogP contribution in [0.3, 0.4) is 0 Å². The smallest absolute Gasteiger partial charge is 0.107 e. The highest BCUT2D eigenvalue weighted by Gasteiger charge is 2.25. The number of nitrogens with one attached hydrogen (secondary N) is 1. The average molecular weight is 341 g/mol. The number of benzene rings is 1. The zero-order chi connectivity index (χ0) is 15.2. The summed E-state index contributed by atoms with van der Waals surface area (Å²) >= 11 is 9.16. The number of rotatable bonds is 7. The van der Waals surface area contributed by atoms with Gasteiger partial charge in [-0.15, -0.1) is 11.8 Å². The van der Waals surface area contributed by atoms with Gasteiger partial charge in [0.05, 0.1) is 0 Å².